The summed E-state index contributed by atoms with van der Waals surface area (Å²) in [6, 6.07) is 3.04. The summed E-state index contributed by atoms with van der Waals surface area (Å²) in [5, 5.41) is 16.9. The van der Waals surface area contributed by atoms with Crippen molar-refractivity contribution in [1.29, 1.82) is 10.5 Å². The van der Waals surface area contributed by atoms with Crippen molar-refractivity contribution in [3.05, 3.63) is 17.7 Å². The molecule has 1 rings (SSSR count). The Balaban J connectivity index is 0.00000196. The summed E-state index contributed by atoms with van der Waals surface area (Å²) in [6.07, 6.45) is -0.413. The van der Waals surface area contributed by atoms with Crippen LogP contribution in [0.1, 0.15) is 11.4 Å². The zero-order valence-electron chi connectivity index (χ0n) is 7.78. The third-order valence-corrected chi connectivity index (χ3v) is 1.45. The van der Waals surface area contributed by atoms with Crippen molar-refractivity contribution >= 4 is 6.98 Å². The Labute approximate surface area is 126 Å². The van der Waals surface area contributed by atoms with E-state index in [1.807, 2.05) is 0 Å². The maximum atomic E-state index is 12.0. The maximum Gasteiger partial charge on any atom is 1.00 e. The first-order valence-electron chi connectivity index (χ1n) is 3.54. The standard InChI is InChI=1S/C6H3BF3N4.K/c8-7(9,10)3-14-4-13-5(1-11)6(14)2-12;/h4H,3H2;/q-1;+1. The first kappa shape index (κ1) is 14.7. The molecule has 1 aromatic rings. The topological polar surface area (TPSA) is 65.4 Å². The van der Waals surface area contributed by atoms with Crippen molar-refractivity contribution in [2.75, 3.05) is 0 Å². The van der Waals surface area contributed by atoms with Crippen LogP contribution >= 0.6 is 0 Å². The number of halogens is 3. The van der Waals surface area contributed by atoms with E-state index in [2.05, 4.69) is 4.98 Å². The molecule has 0 bridgehead atoms. The van der Waals surface area contributed by atoms with Gasteiger partial charge in [0.1, 0.15) is 12.1 Å². The number of nitriles is 2. The molecule has 15 heavy (non-hydrogen) atoms. The molecular weight excluding hydrogens is 235 g/mol. The van der Waals surface area contributed by atoms with Crippen LogP contribution in [0.5, 0.6) is 0 Å². The van der Waals surface area contributed by atoms with Gasteiger partial charge in [0.05, 0.1) is 6.33 Å². The Morgan fingerprint density at radius 1 is 1.33 bits per heavy atom. The van der Waals surface area contributed by atoms with Gasteiger partial charge in [-0.25, -0.2) is 4.98 Å². The molecule has 0 atom stereocenters. The molecule has 0 saturated heterocycles. The van der Waals surface area contributed by atoms with Crippen molar-refractivity contribution in [1.82, 2.24) is 9.55 Å². The van der Waals surface area contributed by atoms with Gasteiger partial charge in [-0.1, -0.05) is 0 Å². The quantitative estimate of drug-likeness (QED) is 0.560. The number of hydrogen-bond donors (Lipinski definition) is 0. The predicted molar refractivity (Wildman–Crippen MR) is 40.7 cm³/mol. The van der Waals surface area contributed by atoms with Crippen LogP contribution in [0.2, 0.25) is 0 Å². The summed E-state index contributed by atoms with van der Waals surface area (Å²) in [6.45, 7) is -5.04. The molecule has 0 N–H and O–H groups in total. The van der Waals surface area contributed by atoms with Crippen molar-refractivity contribution in [3.8, 4) is 12.1 Å². The van der Waals surface area contributed by atoms with Gasteiger partial charge in [0, 0.05) is 0 Å². The second-order valence-electron chi connectivity index (χ2n) is 2.53. The monoisotopic (exact) mass is 238 g/mol. The molecule has 0 aliphatic heterocycles. The van der Waals surface area contributed by atoms with Crippen LogP contribution in [0, 0.1) is 22.7 Å². The molecule has 0 fully saturated rings. The van der Waals surface area contributed by atoms with Gasteiger partial charge in [-0.3, -0.25) is 0 Å². The maximum absolute atomic E-state index is 12.0. The zero-order valence-corrected chi connectivity index (χ0v) is 10.9. The fourth-order valence-corrected chi connectivity index (χ4v) is 0.943. The van der Waals surface area contributed by atoms with Crippen molar-refractivity contribution in [2.45, 2.75) is 6.44 Å². The van der Waals surface area contributed by atoms with Gasteiger partial charge in [-0.2, -0.15) is 10.5 Å². The molecule has 0 spiro atoms. The Hall–Kier alpha value is -0.319. The van der Waals surface area contributed by atoms with E-state index in [0.29, 0.717) is 4.57 Å². The minimum Gasteiger partial charge on any atom is -0.448 e. The summed E-state index contributed by atoms with van der Waals surface area (Å²) in [7, 11) is 0. The van der Waals surface area contributed by atoms with Crippen molar-refractivity contribution in [3.63, 3.8) is 0 Å². The SMILES string of the molecule is N#Cc1ncn(C[B-](F)(F)F)c1C#N.[K+]. The van der Waals surface area contributed by atoms with Gasteiger partial charge < -0.3 is 17.5 Å². The van der Waals surface area contributed by atoms with Crippen LogP contribution in [0.25, 0.3) is 0 Å². The zero-order chi connectivity index (χ0) is 10.8. The third-order valence-electron chi connectivity index (χ3n) is 1.45. The van der Waals surface area contributed by atoms with E-state index in [-0.39, 0.29) is 62.8 Å². The molecular formula is C6H3BF3KN4. The number of aromatic nitrogens is 2. The van der Waals surface area contributed by atoms with Crippen molar-refractivity contribution in [2.24, 2.45) is 0 Å². The van der Waals surface area contributed by atoms with Gasteiger partial charge in [-0.15, -0.1) is 0 Å². The van der Waals surface area contributed by atoms with Gasteiger partial charge in [0.25, 0.3) is 0 Å². The Kier molecular flexibility index (Phi) is 5.56. The van der Waals surface area contributed by atoms with E-state index in [9.17, 15) is 12.9 Å². The summed E-state index contributed by atoms with van der Waals surface area (Å²) >= 11 is 0. The smallest absolute Gasteiger partial charge is 0.448 e. The second-order valence-corrected chi connectivity index (χ2v) is 2.53. The molecule has 72 valence electrons. The van der Waals surface area contributed by atoms with E-state index in [0.717, 1.165) is 6.33 Å². The summed E-state index contributed by atoms with van der Waals surface area (Å²) in [4.78, 5) is 3.38. The van der Waals surface area contributed by atoms with Crippen LogP contribution in [0.3, 0.4) is 0 Å². The minimum atomic E-state index is -5.04. The summed E-state index contributed by atoms with van der Waals surface area (Å²) in [5.41, 5.74) is -0.640. The number of hydrogen-bond acceptors (Lipinski definition) is 3. The average molecular weight is 238 g/mol. The minimum absolute atomic E-state index is 0. The molecule has 0 aromatic carbocycles. The number of nitrogens with zero attached hydrogens (tertiary/aromatic N) is 4. The normalized spacial score (nSPS) is 9.93. The Morgan fingerprint density at radius 3 is 2.33 bits per heavy atom. The van der Waals surface area contributed by atoms with Gasteiger partial charge in [0.15, 0.2) is 11.4 Å². The molecule has 0 aliphatic rings. The molecule has 0 radical (unpaired) electrons. The molecule has 9 heteroatoms. The van der Waals surface area contributed by atoms with E-state index >= 15 is 0 Å². The first-order chi connectivity index (χ1) is 6.48. The van der Waals surface area contributed by atoms with Crippen LogP contribution in [-0.4, -0.2) is 16.5 Å². The number of imidazole rings is 1. The van der Waals surface area contributed by atoms with Crippen LogP contribution in [0.15, 0.2) is 6.33 Å². The van der Waals surface area contributed by atoms with Crippen molar-refractivity contribution < 1.29 is 64.3 Å². The number of rotatable bonds is 2. The average Bonchev–Trinajstić information content (AvgIpc) is 2.43. The molecule has 0 unspecified atom stereocenters. The predicted octanol–water partition coefficient (Wildman–Crippen LogP) is -1.98. The Morgan fingerprint density at radius 2 is 1.93 bits per heavy atom. The van der Waals surface area contributed by atoms with Gasteiger partial charge >= 0.3 is 58.4 Å². The summed E-state index contributed by atoms with van der Waals surface area (Å²) in [5.74, 6) is 0. The second kappa shape index (κ2) is 5.68. The van der Waals surface area contributed by atoms with E-state index in [1.54, 1.807) is 0 Å². The molecule has 4 nitrogen and oxygen atoms in total. The van der Waals surface area contributed by atoms with Crippen LogP contribution < -0.4 is 51.4 Å². The van der Waals surface area contributed by atoms with E-state index < -0.39 is 13.4 Å². The van der Waals surface area contributed by atoms with E-state index in [4.69, 9.17) is 10.5 Å². The van der Waals surface area contributed by atoms with E-state index in [1.165, 1.54) is 12.1 Å². The Bertz CT molecular complexity index is 427. The van der Waals surface area contributed by atoms with Crippen LogP contribution in [-0.2, 0) is 6.44 Å². The summed E-state index contributed by atoms with van der Waals surface area (Å²) < 4.78 is 36.6. The van der Waals surface area contributed by atoms with Gasteiger partial charge in [-0.05, 0) is 6.44 Å². The molecule has 0 amide bonds. The van der Waals surface area contributed by atoms with Crippen LogP contribution in [0.4, 0.5) is 12.9 Å². The fraction of sp³-hybridized carbons (Fsp3) is 0.167. The van der Waals surface area contributed by atoms with Gasteiger partial charge in [0.2, 0.25) is 0 Å². The fourth-order valence-electron chi connectivity index (χ4n) is 0.943. The molecule has 0 saturated carbocycles. The molecule has 1 aromatic heterocycles. The first-order valence-corrected chi connectivity index (χ1v) is 3.54. The molecule has 1 heterocycles. The third kappa shape index (κ3) is 3.97. The molecule has 0 aliphatic carbocycles. The largest absolute Gasteiger partial charge is 1.00 e.